The van der Waals surface area contributed by atoms with Gasteiger partial charge in [0, 0.05) is 35.9 Å². The summed E-state index contributed by atoms with van der Waals surface area (Å²) in [5.41, 5.74) is 0. The molecule has 12 heavy (non-hydrogen) atoms. The summed E-state index contributed by atoms with van der Waals surface area (Å²) in [4.78, 5) is 0. The number of hydrogen-bond donors (Lipinski definition) is 0. The van der Waals surface area contributed by atoms with Gasteiger partial charge >= 0.3 is 0 Å². The van der Waals surface area contributed by atoms with Crippen LogP contribution in [0.3, 0.4) is 0 Å². The molecule has 0 aromatic heterocycles. The molecule has 0 saturated heterocycles. The molecule has 0 unspecified atom stereocenters. The first kappa shape index (κ1) is 15.6. The van der Waals surface area contributed by atoms with Crippen LogP contribution in [0.5, 0.6) is 0 Å². The SMILES string of the molecule is [CH]1[CH][CH][CH][CH]1.[CH]1[CH][CH][CH][CH]1.[Fe].[Li]. The molecule has 11 radical (unpaired) electrons. The van der Waals surface area contributed by atoms with Gasteiger partial charge in [0.1, 0.15) is 0 Å². The van der Waals surface area contributed by atoms with Gasteiger partial charge in [-0.25, -0.2) is 0 Å². The fourth-order valence-corrected chi connectivity index (χ4v) is 0.642. The Hall–Kier alpha value is 1.12. The van der Waals surface area contributed by atoms with Gasteiger partial charge in [-0.2, -0.15) is 0 Å². The average molecular weight is 193 g/mol. The summed E-state index contributed by atoms with van der Waals surface area (Å²) >= 11 is 0. The van der Waals surface area contributed by atoms with E-state index in [1.165, 1.54) is 0 Å². The molecule has 0 aromatic rings. The van der Waals surface area contributed by atoms with Crippen molar-refractivity contribution in [1.82, 2.24) is 0 Å². The predicted octanol–water partition coefficient (Wildman–Crippen LogP) is 1.66. The van der Waals surface area contributed by atoms with Crippen LogP contribution in [0, 0.1) is 64.2 Å². The van der Waals surface area contributed by atoms with Crippen molar-refractivity contribution in [3.05, 3.63) is 64.2 Å². The molecule has 2 fully saturated rings. The summed E-state index contributed by atoms with van der Waals surface area (Å²) < 4.78 is 0. The topological polar surface area (TPSA) is 0 Å². The van der Waals surface area contributed by atoms with Gasteiger partial charge in [-0.3, -0.25) is 0 Å². The van der Waals surface area contributed by atoms with E-state index in [0.717, 1.165) is 0 Å². The first-order chi connectivity index (χ1) is 5.00. The zero-order chi connectivity index (χ0) is 7.07. The molecule has 59 valence electrons. The zero-order valence-corrected chi connectivity index (χ0v) is 8.23. The van der Waals surface area contributed by atoms with Crippen LogP contribution >= 0.6 is 0 Å². The standard InChI is InChI=1S/2C5H5.Fe.Li/c2*1-2-4-5-3-1;;/h2*1-5H;;. The molecule has 0 nitrogen and oxygen atoms in total. The normalized spacial score (nSPS) is 20.0. The van der Waals surface area contributed by atoms with Crippen LogP contribution < -0.4 is 0 Å². The summed E-state index contributed by atoms with van der Waals surface area (Å²) in [7, 11) is 0. The van der Waals surface area contributed by atoms with E-state index in [4.69, 9.17) is 0 Å². The Labute approximate surface area is 99.9 Å². The fourth-order valence-electron chi connectivity index (χ4n) is 0.642. The summed E-state index contributed by atoms with van der Waals surface area (Å²) in [6, 6.07) is 0. The molecule has 0 aromatic carbocycles. The van der Waals surface area contributed by atoms with E-state index >= 15 is 0 Å². The third-order valence-electron chi connectivity index (χ3n) is 1.11. The largest absolute Gasteiger partial charge is 0.0312 e. The van der Waals surface area contributed by atoms with Gasteiger partial charge in [-0.15, -0.1) is 0 Å². The van der Waals surface area contributed by atoms with E-state index in [1.54, 1.807) is 0 Å². The third kappa shape index (κ3) is 9.21. The Morgan fingerprint density at radius 3 is 0.500 bits per heavy atom. The minimum absolute atomic E-state index is 0. The van der Waals surface area contributed by atoms with Crippen LogP contribution in [0.15, 0.2) is 0 Å². The molecule has 2 saturated carbocycles. The maximum atomic E-state index is 2.00. The fraction of sp³-hybridized carbons (Fsp3) is 0. The predicted molar refractivity (Wildman–Crippen MR) is 48.8 cm³/mol. The van der Waals surface area contributed by atoms with Crippen molar-refractivity contribution in [3.63, 3.8) is 0 Å². The van der Waals surface area contributed by atoms with Gasteiger partial charge in [-0.05, 0) is 64.2 Å². The molecule has 2 rings (SSSR count). The van der Waals surface area contributed by atoms with Crippen LogP contribution in [-0.2, 0) is 17.1 Å². The maximum Gasteiger partial charge on any atom is 0 e. The number of rotatable bonds is 0. The second-order valence-electron chi connectivity index (χ2n) is 1.92. The van der Waals surface area contributed by atoms with Crippen LogP contribution in [-0.4, -0.2) is 18.9 Å². The van der Waals surface area contributed by atoms with E-state index in [-0.39, 0.29) is 35.9 Å². The van der Waals surface area contributed by atoms with Crippen molar-refractivity contribution in [2.75, 3.05) is 0 Å². The van der Waals surface area contributed by atoms with E-state index in [1.807, 2.05) is 64.2 Å². The van der Waals surface area contributed by atoms with Gasteiger partial charge in [0.15, 0.2) is 0 Å². The second-order valence-corrected chi connectivity index (χ2v) is 1.92. The van der Waals surface area contributed by atoms with Crippen LogP contribution in [0.2, 0.25) is 0 Å². The number of hydrogen-bond acceptors (Lipinski definition) is 0. The maximum absolute atomic E-state index is 2.00. The summed E-state index contributed by atoms with van der Waals surface area (Å²) in [6.07, 6.45) is 20.0. The third-order valence-corrected chi connectivity index (χ3v) is 1.11. The van der Waals surface area contributed by atoms with Gasteiger partial charge in [0.2, 0.25) is 0 Å². The molecule has 2 aliphatic carbocycles. The molecular weight excluding hydrogens is 183 g/mol. The second kappa shape index (κ2) is 12.1. The minimum Gasteiger partial charge on any atom is -0.0312 e. The van der Waals surface area contributed by atoms with Crippen molar-refractivity contribution in [2.45, 2.75) is 0 Å². The molecule has 0 N–H and O–H groups in total. The average Bonchev–Trinajstić information content (AvgIpc) is 2.67. The van der Waals surface area contributed by atoms with E-state index in [2.05, 4.69) is 0 Å². The molecule has 0 atom stereocenters. The molecule has 2 aliphatic rings. The monoisotopic (exact) mass is 193 g/mol. The first-order valence-corrected chi connectivity index (χ1v) is 3.33. The van der Waals surface area contributed by atoms with Gasteiger partial charge in [0.25, 0.3) is 0 Å². The van der Waals surface area contributed by atoms with Gasteiger partial charge < -0.3 is 0 Å². The van der Waals surface area contributed by atoms with E-state index in [0.29, 0.717) is 0 Å². The van der Waals surface area contributed by atoms with E-state index < -0.39 is 0 Å². The molecular formula is C10H10FeLi. The summed E-state index contributed by atoms with van der Waals surface area (Å²) in [5, 5.41) is 0. The Balaban J connectivity index is 0. The minimum atomic E-state index is 0. The molecule has 0 aliphatic heterocycles. The van der Waals surface area contributed by atoms with Crippen molar-refractivity contribution >= 4 is 18.9 Å². The molecule has 0 heterocycles. The Morgan fingerprint density at radius 2 is 0.417 bits per heavy atom. The summed E-state index contributed by atoms with van der Waals surface area (Å²) in [6.45, 7) is 0. The zero-order valence-electron chi connectivity index (χ0n) is 7.13. The van der Waals surface area contributed by atoms with Crippen molar-refractivity contribution < 1.29 is 17.1 Å². The van der Waals surface area contributed by atoms with Crippen molar-refractivity contribution in [3.8, 4) is 0 Å². The molecule has 0 spiro atoms. The van der Waals surface area contributed by atoms with Crippen molar-refractivity contribution in [2.24, 2.45) is 0 Å². The van der Waals surface area contributed by atoms with Crippen LogP contribution in [0.4, 0.5) is 0 Å². The Morgan fingerprint density at radius 1 is 0.333 bits per heavy atom. The van der Waals surface area contributed by atoms with Crippen LogP contribution in [0.25, 0.3) is 0 Å². The van der Waals surface area contributed by atoms with Crippen molar-refractivity contribution in [1.29, 1.82) is 0 Å². The van der Waals surface area contributed by atoms with E-state index in [9.17, 15) is 0 Å². The molecule has 0 bridgehead atoms. The quantitative estimate of drug-likeness (QED) is 0.513. The molecule has 0 amide bonds. The Kier molecular flexibility index (Phi) is 15.7. The molecule has 2 heteroatoms. The van der Waals surface area contributed by atoms with Gasteiger partial charge in [-0.1, -0.05) is 0 Å². The van der Waals surface area contributed by atoms with Gasteiger partial charge in [0.05, 0.1) is 0 Å². The van der Waals surface area contributed by atoms with Crippen LogP contribution in [0.1, 0.15) is 0 Å². The Bertz CT molecular complexity index is 43.0. The smallest absolute Gasteiger partial charge is 0 e. The summed E-state index contributed by atoms with van der Waals surface area (Å²) in [5.74, 6) is 0. The first-order valence-electron chi connectivity index (χ1n) is 3.33.